The standard InChI is InChI=1S/C15H28N4OS/c1-5-13-14(10-16-6-9-20-4)21-15(17-13)19-8-7-18(3)12(2)11-19/h12,16H,5-11H2,1-4H3. The van der Waals surface area contributed by atoms with Crippen LogP contribution in [0.1, 0.15) is 24.4 Å². The molecule has 1 N–H and O–H groups in total. The van der Waals surface area contributed by atoms with Gasteiger partial charge in [-0.3, -0.25) is 0 Å². The fourth-order valence-corrected chi connectivity index (χ4v) is 3.67. The van der Waals surface area contributed by atoms with Crippen LogP contribution < -0.4 is 10.2 Å². The van der Waals surface area contributed by atoms with Crippen LogP contribution in [0.15, 0.2) is 0 Å². The maximum atomic E-state index is 5.07. The minimum Gasteiger partial charge on any atom is -0.383 e. The first-order valence-electron chi connectivity index (χ1n) is 7.79. The number of nitrogens with zero attached hydrogens (tertiary/aromatic N) is 3. The lowest BCUT2D eigenvalue weighted by molar-refractivity contribution is 0.199. The molecule has 1 fully saturated rings. The van der Waals surface area contributed by atoms with E-state index in [1.807, 2.05) is 11.3 Å². The van der Waals surface area contributed by atoms with E-state index in [4.69, 9.17) is 9.72 Å². The van der Waals surface area contributed by atoms with Crippen molar-refractivity contribution in [2.24, 2.45) is 0 Å². The first-order valence-corrected chi connectivity index (χ1v) is 8.60. The van der Waals surface area contributed by atoms with E-state index in [0.29, 0.717) is 6.04 Å². The Morgan fingerprint density at radius 3 is 2.90 bits per heavy atom. The summed E-state index contributed by atoms with van der Waals surface area (Å²) in [5, 5.41) is 4.62. The number of piperazine rings is 1. The van der Waals surface area contributed by atoms with Gasteiger partial charge in [-0.2, -0.15) is 0 Å². The predicted octanol–water partition coefficient (Wildman–Crippen LogP) is 1.58. The number of hydrogen-bond acceptors (Lipinski definition) is 6. The molecule has 0 radical (unpaired) electrons. The van der Waals surface area contributed by atoms with Crippen LogP contribution >= 0.6 is 11.3 Å². The van der Waals surface area contributed by atoms with Crippen molar-refractivity contribution < 1.29 is 4.74 Å². The number of rotatable bonds is 7. The SMILES string of the molecule is CCc1nc(N2CCN(C)C(C)C2)sc1CNCCOC. The van der Waals surface area contributed by atoms with Gasteiger partial charge in [0.1, 0.15) is 0 Å². The third kappa shape index (κ3) is 4.39. The smallest absolute Gasteiger partial charge is 0.185 e. The van der Waals surface area contributed by atoms with E-state index < -0.39 is 0 Å². The zero-order chi connectivity index (χ0) is 15.2. The molecule has 2 rings (SSSR count). The molecule has 1 aliphatic rings. The quantitative estimate of drug-likeness (QED) is 0.774. The van der Waals surface area contributed by atoms with Gasteiger partial charge in [0.25, 0.3) is 0 Å². The van der Waals surface area contributed by atoms with Crippen LogP contribution in [-0.4, -0.2) is 62.9 Å². The molecule has 0 bridgehead atoms. The lowest BCUT2D eigenvalue weighted by Crippen LogP contribution is -2.50. The Balaban J connectivity index is 1.99. The van der Waals surface area contributed by atoms with Crippen LogP contribution in [0.25, 0.3) is 0 Å². The van der Waals surface area contributed by atoms with E-state index in [-0.39, 0.29) is 0 Å². The van der Waals surface area contributed by atoms with Crippen molar-refractivity contribution in [1.29, 1.82) is 0 Å². The van der Waals surface area contributed by atoms with Gasteiger partial charge < -0.3 is 19.9 Å². The largest absolute Gasteiger partial charge is 0.383 e. The van der Waals surface area contributed by atoms with Crippen LogP contribution in [0.3, 0.4) is 0 Å². The summed E-state index contributed by atoms with van der Waals surface area (Å²) in [4.78, 5) is 11.1. The van der Waals surface area contributed by atoms with Crippen molar-refractivity contribution >= 4 is 16.5 Å². The zero-order valence-corrected chi connectivity index (χ0v) is 14.5. The summed E-state index contributed by atoms with van der Waals surface area (Å²) < 4.78 is 5.07. The molecule has 0 aliphatic carbocycles. The Bertz CT molecular complexity index is 437. The summed E-state index contributed by atoms with van der Waals surface area (Å²) in [7, 11) is 3.94. The Morgan fingerprint density at radius 2 is 2.24 bits per heavy atom. The highest BCUT2D eigenvalue weighted by Crippen LogP contribution is 2.28. The van der Waals surface area contributed by atoms with Gasteiger partial charge in [0, 0.05) is 50.8 Å². The van der Waals surface area contributed by atoms with Crippen molar-refractivity contribution in [2.75, 3.05) is 51.8 Å². The Kier molecular flexibility index (Phi) is 6.41. The Labute approximate surface area is 132 Å². The monoisotopic (exact) mass is 312 g/mol. The molecular formula is C15H28N4OS. The number of hydrogen-bond donors (Lipinski definition) is 1. The highest BCUT2D eigenvalue weighted by atomic mass is 32.1. The second-order valence-corrected chi connectivity index (χ2v) is 6.73. The van der Waals surface area contributed by atoms with Crippen LogP contribution in [0.5, 0.6) is 0 Å². The summed E-state index contributed by atoms with van der Waals surface area (Å²) >= 11 is 1.84. The molecule has 0 aromatic carbocycles. The number of methoxy groups -OCH3 is 1. The third-order valence-electron chi connectivity index (χ3n) is 4.10. The van der Waals surface area contributed by atoms with Gasteiger partial charge in [-0.25, -0.2) is 4.98 Å². The molecule has 1 saturated heterocycles. The van der Waals surface area contributed by atoms with Gasteiger partial charge in [0.2, 0.25) is 0 Å². The molecule has 0 amide bonds. The number of aryl methyl sites for hydroxylation is 1. The van der Waals surface area contributed by atoms with Crippen LogP contribution in [0, 0.1) is 0 Å². The van der Waals surface area contributed by atoms with Crippen molar-refractivity contribution in [3.63, 3.8) is 0 Å². The minimum atomic E-state index is 0.594. The lowest BCUT2D eigenvalue weighted by atomic mass is 10.2. The van der Waals surface area contributed by atoms with Gasteiger partial charge in [0.05, 0.1) is 12.3 Å². The second-order valence-electron chi connectivity index (χ2n) is 5.67. The molecule has 2 heterocycles. The molecule has 1 aromatic heterocycles. The normalized spacial score (nSPS) is 20.2. The van der Waals surface area contributed by atoms with Gasteiger partial charge in [-0.1, -0.05) is 6.92 Å². The van der Waals surface area contributed by atoms with Crippen LogP contribution in [0.2, 0.25) is 0 Å². The fourth-order valence-electron chi connectivity index (χ4n) is 2.52. The van der Waals surface area contributed by atoms with Gasteiger partial charge in [-0.15, -0.1) is 11.3 Å². The Hall–Kier alpha value is -0.690. The maximum Gasteiger partial charge on any atom is 0.185 e. The minimum absolute atomic E-state index is 0.594. The van der Waals surface area contributed by atoms with E-state index in [9.17, 15) is 0 Å². The molecule has 0 saturated carbocycles. The molecule has 6 heteroatoms. The molecule has 1 aromatic rings. The topological polar surface area (TPSA) is 40.6 Å². The van der Waals surface area contributed by atoms with E-state index in [0.717, 1.165) is 45.8 Å². The molecule has 0 spiro atoms. The number of ether oxygens (including phenoxy) is 1. The van der Waals surface area contributed by atoms with E-state index in [2.05, 4.69) is 36.0 Å². The molecule has 1 atom stereocenters. The van der Waals surface area contributed by atoms with Gasteiger partial charge in [0.15, 0.2) is 5.13 Å². The van der Waals surface area contributed by atoms with Crippen molar-refractivity contribution in [3.8, 4) is 0 Å². The lowest BCUT2D eigenvalue weighted by Gasteiger charge is -2.37. The van der Waals surface area contributed by atoms with Gasteiger partial charge >= 0.3 is 0 Å². The summed E-state index contributed by atoms with van der Waals surface area (Å²) in [5.41, 5.74) is 1.24. The summed E-state index contributed by atoms with van der Waals surface area (Å²) in [6.45, 7) is 10.3. The van der Waals surface area contributed by atoms with Crippen LogP contribution in [0.4, 0.5) is 5.13 Å². The van der Waals surface area contributed by atoms with Crippen LogP contribution in [-0.2, 0) is 17.7 Å². The van der Waals surface area contributed by atoms with E-state index in [1.165, 1.54) is 15.7 Å². The fraction of sp³-hybridized carbons (Fsp3) is 0.800. The summed E-state index contributed by atoms with van der Waals surface area (Å²) in [6.07, 6.45) is 1.00. The molecule has 1 unspecified atom stereocenters. The molecule has 21 heavy (non-hydrogen) atoms. The van der Waals surface area contributed by atoms with Crippen molar-refractivity contribution in [3.05, 3.63) is 10.6 Å². The maximum absolute atomic E-state index is 5.07. The Morgan fingerprint density at radius 1 is 1.43 bits per heavy atom. The zero-order valence-electron chi connectivity index (χ0n) is 13.7. The molecule has 5 nitrogen and oxygen atoms in total. The number of anilines is 1. The molecule has 1 aliphatic heterocycles. The van der Waals surface area contributed by atoms with Crippen molar-refractivity contribution in [1.82, 2.24) is 15.2 Å². The highest BCUT2D eigenvalue weighted by Gasteiger charge is 2.23. The third-order valence-corrected chi connectivity index (χ3v) is 5.26. The summed E-state index contributed by atoms with van der Waals surface area (Å²) in [5.74, 6) is 0. The number of thiazole rings is 1. The number of aromatic nitrogens is 1. The number of nitrogens with one attached hydrogen (secondary N) is 1. The van der Waals surface area contributed by atoms with Gasteiger partial charge in [-0.05, 0) is 20.4 Å². The first-order chi connectivity index (χ1) is 10.2. The average Bonchev–Trinajstić information content (AvgIpc) is 2.90. The summed E-state index contributed by atoms with van der Waals surface area (Å²) in [6, 6.07) is 0.594. The first kappa shape index (κ1) is 16.7. The average molecular weight is 312 g/mol. The highest BCUT2D eigenvalue weighted by molar-refractivity contribution is 7.15. The van der Waals surface area contributed by atoms with Crippen molar-refractivity contribution in [2.45, 2.75) is 32.9 Å². The number of likely N-dealkylation sites (N-methyl/N-ethyl adjacent to an activating group) is 1. The molecule has 120 valence electrons. The second kappa shape index (κ2) is 8.08. The van der Waals surface area contributed by atoms with E-state index in [1.54, 1.807) is 7.11 Å². The predicted molar refractivity (Wildman–Crippen MR) is 89.4 cm³/mol. The molecular weight excluding hydrogens is 284 g/mol. The van der Waals surface area contributed by atoms with E-state index >= 15 is 0 Å².